The van der Waals surface area contributed by atoms with Crippen LogP contribution in [0.15, 0.2) is 53.6 Å². The fraction of sp³-hybridized carbons (Fsp3) is 0.333. The number of aromatic nitrogens is 1. The lowest BCUT2D eigenvalue weighted by Crippen LogP contribution is -2.44. The van der Waals surface area contributed by atoms with Gasteiger partial charge in [0.25, 0.3) is 0 Å². The molecule has 0 spiro atoms. The summed E-state index contributed by atoms with van der Waals surface area (Å²) in [6.45, 7) is 4.82. The molecule has 4 rings (SSSR count). The summed E-state index contributed by atoms with van der Waals surface area (Å²) in [5, 5.41) is 5.54. The first-order valence-corrected chi connectivity index (χ1v) is 11.8. The Hall–Kier alpha value is -2.44. The predicted octanol–water partition coefficient (Wildman–Crippen LogP) is 5.17. The molecule has 0 fully saturated rings. The van der Waals surface area contributed by atoms with Gasteiger partial charge in [-0.15, -0.1) is 0 Å². The third-order valence-corrected chi connectivity index (χ3v) is 6.97. The number of nitrogens with one attached hydrogen (secondary N) is 1. The summed E-state index contributed by atoms with van der Waals surface area (Å²) in [6, 6.07) is 14.4. The average molecular weight is 456 g/mol. The van der Waals surface area contributed by atoms with Crippen LogP contribution in [0.5, 0.6) is 0 Å². The van der Waals surface area contributed by atoms with E-state index in [4.69, 9.17) is 11.6 Å². The van der Waals surface area contributed by atoms with Crippen molar-refractivity contribution in [3.8, 4) is 0 Å². The van der Waals surface area contributed by atoms with Crippen LogP contribution >= 0.6 is 23.4 Å². The van der Waals surface area contributed by atoms with E-state index >= 15 is 0 Å². The number of hydrogen-bond acceptors (Lipinski definition) is 3. The Balaban J connectivity index is 1.89. The van der Waals surface area contributed by atoms with Crippen molar-refractivity contribution in [1.82, 2.24) is 9.88 Å². The largest absolute Gasteiger partial charge is 0.354 e. The number of amides is 2. The maximum atomic E-state index is 13.6. The summed E-state index contributed by atoms with van der Waals surface area (Å²) in [6.07, 6.45) is 0.876. The summed E-state index contributed by atoms with van der Waals surface area (Å²) >= 11 is 7.73. The first-order valence-electron chi connectivity index (χ1n) is 10.4. The highest BCUT2D eigenvalue weighted by atomic mass is 35.5. The van der Waals surface area contributed by atoms with Crippen molar-refractivity contribution in [2.75, 3.05) is 17.2 Å². The van der Waals surface area contributed by atoms with Gasteiger partial charge in [-0.25, -0.2) is 0 Å². The van der Waals surface area contributed by atoms with Crippen molar-refractivity contribution >= 4 is 51.8 Å². The highest BCUT2D eigenvalue weighted by molar-refractivity contribution is 8.00. The van der Waals surface area contributed by atoms with Crippen LogP contribution in [0.25, 0.3) is 10.9 Å². The number of nitrogens with zero attached hydrogens (tertiary/aromatic N) is 2. The summed E-state index contributed by atoms with van der Waals surface area (Å²) in [4.78, 5) is 28.5. The number of halogens is 1. The molecule has 31 heavy (non-hydrogen) atoms. The molecule has 0 radical (unpaired) electrons. The van der Waals surface area contributed by atoms with Crippen molar-refractivity contribution in [2.45, 2.75) is 31.3 Å². The smallest absolute Gasteiger partial charge is 0.247 e. The maximum Gasteiger partial charge on any atom is 0.247 e. The number of rotatable bonds is 5. The van der Waals surface area contributed by atoms with Gasteiger partial charge in [-0.05, 0) is 36.6 Å². The molecule has 0 bridgehead atoms. The summed E-state index contributed by atoms with van der Waals surface area (Å²) in [5.41, 5.74) is 2.54. The molecule has 162 valence electrons. The first kappa shape index (κ1) is 21.8. The lowest BCUT2D eigenvalue weighted by molar-refractivity contribution is -0.125. The van der Waals surface area contributed by atoms with Crippen molar-refractivity contribution < 1.29 is 9.59 Å². The number of hydrogen-bond donors (Lipinski definition) is 1. The van der Waals surface area contributed by atoms with Gasteiger partial charge in [0.2, 0.25) is 11.8 Å². The topological polar surface area (TPSA) is 54.3 Å². The predicted molar refractivity (Wildman–Crippen MR) is 128 cm³/mol. The Morgan fingerprint density at radius 2 is 2.00 bits per heavy atom. The number of anilines is 1. The minimum absolute atomic E-state index is 0.114. The number of thioether (sulfide) groups is 1. The number of benzene rings is 2. The number of carbonyl (C=O) groups excluding carboxylic acids is 2. The molecule has 1 atom stereocenters. The van der Waals surface area contributed by atoms with Gasteiger partial charge in [-0.3, -0.25) is 14.5 Å². The van der Waals surface area contributed by atoms with E-state index in [-0.39, 0.29) is 17.6 Å². The second kappa shape index (κ2) is 8.97. The van der Waals surface area contributed by atoms with E-state index in [1.54, 1.807) is 23.1 Å². The Labute approximate surface area is 191 Å². The van der Waals surface area contributed by atoms with Crippen LogP contribution in [0.2, 0.25) is 5.02 Å². The SMILES string of the molecule is CC(C)CCNC(=O)C1c2c(n(C)c3ccccc23)SCC(=O)N1c1cccc(Cl)c1. The van der Waals surface area contributed by atoms with E-state index in [1.165, 1.54) is 11.8 Å². The fourth-order valence-electron chi connectivity index (χ4n) is 4.06. The van der Waals surface area contributed by atoms with Gasteiger partial charge in [0.15, 0.2) is 0 Å². The monoisotopic (exact) mass is 455 g/mol. The molecule has 2 aromatic carbocycles. The third-order valence-electron chi connectivity index (χ3n) is 5.58. The summed E-state index contributed by atoms with van der Waals surface area (Å²) < 4.78 is 2.08. The highest BCUT2D eigenvalue weighted by Gasteiger charge is 2.39. The zero-order valence-corrected chi connectivity index (χ0v) is 19.5. The van der Waals surface area contributed by atoms with Crippen molar-refractivity contribution in [1.29, 1.82) is 0 Å². The molecule has 2 amide bonds. The molecule has 0 saturated carbocycles. The van der Waals surface area contributed by atoms with Crippen LogP contribution in [0.3, 0.4) is 0 Å². The molecular formula is C24H26ClN3O2S. The van der Waals surface area contributed by atoms with E-state index in [1.807, 2.05) is 37.4 Å². The third kappa shape index (κ3) is 4.19. The van der Waals surface area contributed by atoms with Crippen LogP contribution < -0.4 is 10.2 Å². The number of para-hydroxylation sites is 1. The summed E-state index contributed by atoms with van der Waals surface area (Å²) in [7, 11) is 1.99. The molecule has 1 N–H and O–H groups in total. The van der Waals surface area contributed by atoms with Crippen LogP contribution in [0, 0.1) is 5.92 Å². The molecule has 1 unspecified atom stereocenters. The zero-order chi connectivity index (χ0) is 22.1. The molecule has 1 aliphatic rings. The molecule has 3 aromatic rings. The van der Waals surface area contributed by atoms with Crippen LogP contribution in [-0.4, -0.2) is 28.7 Å². The van der Waals surface area contributed by atoms with Gasteiger partial charge in [0, 0.05) is 40.8 Å². The Morgan fingerprint density at radius 1 is 1.23 bits per heavy atom. The van der Waals surface area contributed by atoms with Crippen LogP contribution in [-0.2, 0) is 16.6 Å². The lowest BCUT2D eigenvalue weighted by Gasteiger charge is -2.30. The lowest BCUT2D eigenvalue weighted by atomic mass is 10.0. The normalized spacial score (nSPS) is 16.5. The molecule has 7 heteroatoms. The van der Waals surface area contributed by atoms with E-state index in [9.17, 15) is 9.59 Å². The van der Waals surface area contributed by atoms with Crippen molar-refractivity contribution in [3.63, 3.8) is 0 Å². The average Bonchev–Trinajstić information content (AvgIpc) is 2.91. The van der Waals surface area contributed by atoms with E-state index in [2.05, 4.69) is 23.7 Å². The zero-order valence-electron chi connectivity index (χ0n) is 17.9. The second-order valence-electron chi connectivity index (χ2n) is 8.20. The van der Waals surface area contributed by atoms with Gasteiger partial charge >= 0.3 is 0 Å². The first-order chi connectivity index (χ1) is 14.9. The van der Waals surface area contributed by atoms with Gasteiger partial charge in [-0.2, -0.15) is 0 Å². The van der Waals surface area contributed by atoms with E-state index < -0.39 is 6.04 Å². The molecule has 0 aliphatic carbocycles. The van der Waals surface area contributed by atoms with Crippen molar-refractivity contribution in [3.05, 3.63) is 59.1 Å². The van der Waals surface area contributed by atoms with Crippen molar-refractivity contribution in [2.24, 2.45) is 13.0 Å². The number of aryl methyl sites for hydroxylation is 1. The van der Waals surface area contributed by atoms with Gasteiger partial charge in [0.05, 0.1) is 10.8 Å². The Bertz CT molecular complexity index is 1140. The molecular weight excluding hydrogens is 430 g/mol. The van der Waals surface area contributed by atoms with Crippen LogP contribution in [0.4, 0.5) is 5.69 Å². The quantitative estimate of drug-likeness (QED) is 0.577. The molecule has 1 aliphatic heterocycles. The second-order valence-corrected chi connectivity index (χ2v) is 9.60. The number of fused-ring (bicyclic) bond motifs is 3. The minimum atomic E-state index is -0.769. The molecule has 2 heterocycles. The van der Waals surface area contributed by atoms with E-state index in [0.717, 1.165) is 27.9 Å². The Kier molecular flexibility index (Phi) is 6.30. The van der Waals surface area contributed by atoms with Crippen LogP contribution in [0.1, 0.15) is 31.9 Å². The van der Waals surface area contributed by atoms with Gasteiger partial charge in [-0.1, -0.05) is 61.5 Å². The van der Waals surface area contributed by atoms with Gasteiger partial charge < -0.3 is 9.88 Å². The fourth-order valence-corrected chi connectivity index (χ4v) is 5.31. The van der Waals surface area contributed by atoms with Gasteiger partial charge in [0.1, 0.15) is 6.04 Å². The molecule has 5 nitrogen and oxygen atoms in total. The van der Waals surface area contributed by atoms with E-state index in [0.29, 0.717) is 23.2 Å². The standard InChI is InChI=1S/C24H26ClN3O2S/c1-15(2)11-12-26-23(30)22-21-18-9-4-5-10-19(18)27(3)24(21)31-14-20(29)28(22)17-8-6-7-16(25)13-17/h4-10,13,15,22H,11-12,14H2,1-3H3,(H,26,30). The maximum absolute atomic E-state index is 13.6. The highest BCUT2D eigenvalue weighted by Crippen LogP contribution is 2.43. The summed E-state index contributed by atoms with van der Waals surface area (Å²) in [5.74, 6) is 0.439. The minimum Gasteiger partial charge on any atom is -0.354 e. The molecule has 1 aromatic heterocycles. The number of carbonyl (C=O) groups is 2. The molecule has 0 saturated heterocycles. The Morgan fingerprint density at radius 3 is 2.74 bits per heavy atom.